The van der Waals surface area contributed by atoms with E-state index in [1.807, 2.05) is 12.1 Å². The van der Waals surface area contributed by atoms with Crippen molar-refractivity contribution in [3.8, 4) is 17.2 Å². The molecule has 2 aromatic carbocycles. The van der Waals surface area contributed by atoms with Gasteiger partial charge in [0.05, 0.1) is 13.2 Å². The number of likely N-dealkylation sites (tertiary alicyclic amines) is 1. The molecule has 0 spiro atoms. The highest BCUT2D eigenvalue weighted by Gasteiger charge is 2.46. The van der Waals surface area contributed by atoms with Crippen LogP contribution in [0.15, 0.2) is 66.5 Å². The Labute approximate surface area is 251 Å². The van der Waals surface area contributed by atoms with Gasteiger partial charge < -0.3 is 33.3 Å². The summed E-state index contributed by atoms with van der Waals surface area (Å²) in [6.45, 7) is 7.83. The standard InChI is InChI=1S/C35H47NO6/c1-35(28-11-15-30(16-12-28)41-25-37-2)24-40-33-23-31(42-26-38-3)17-18-32(33)34(35)27-9-13-29(14-10-27)39-22-8-7-21-36-19-5-4-6-20-36/h9-11,13-18,23,28,34H,4-8,12,19-22,24-26H2,1-3H3/t28?,34-,35-/m1/s1. The van der Waals surface area contributed by atoms with Crippen LogP contribution in [-0.4, -0.2) is 65.6 Å². The predicted molar refractivity (Wildman–Crippen MR) is 164 cm³/mol. The van der Waals surface area contributed by atoms with E-state index in [1.165, 1.54) is 56.4 Å². The van der Waals surface area contributed by atoms with Crippen LogP contribution in [0, 0.1) is 11.3 Å². The first-order valence-electron chi connectivity index (χ1n) is 15.4. The van der Waals surface area contributed by atoms with Crippen LogP contribution in [0.2, 0.25) is 0 Å². The summed E-state index contributed by atoms with van der Waals surface area (Å²) in [5.41, 5.74) is 2.24. The summed E-state index contributed by atoms with van der Waals surface area (Å²) in [6.07, 6.45) is 13.7. The number of nitrogens with zero attached hydrogens (tertiary/aromatic N) is 1. The van der Waals surface area contributed by atoms with E-state index in [9.17, 15) is 0 Å². The van der Waals surface area contributed by atoms with Crippen LogP contribution in [0.3, 0.4) is 0 Å². The van der Waals surface area contributed by atoms with Crippen molar-refractivity contribution in [2.24, 2.45) is 11.3 Å². The molecule has 0 saturated carbocycles. The molecular weight excluding hydrogens is 530 g/mol. The largest absolute Gasteiger partial charge is 0.494 e. The molecule has 0 bridgehead atoms. The van der Waals surface area contributed by atoms with Gasteiger partial charge in [-0.2, -0.15) is 0 Å². The van der Waals surface area contributed by atoms with Crippen LogP contribution in [-0.2, 0) is 14.2 Å². The second kappa shape index (κ2) is 14.9. The smallest absolute Gasteiger partial charge is 0.188 e. The minimum absolute atomic E-state index is 0.126. The molecule has 1 saturated heterocycles. The minimum atomic E-state index is -0.182. The maximum absolute atomic E-state index is 6.45. The van der Waals surface area contributed by atoms with Crippen LogP contribution in [0.1, 0.15) is 62.5 Å². The van der Waals surface area contributed by atoms with Crippen molar-refractivity contribution in [1.29, 1.82) is 0 Å². The number of allylic oxidation sites excluding steroid dienone is 3. The van der Waals surface area contributed by atoms with E-state index in [-0.39, 0.29) is 30.8 Å². The third-order valence-electron chi connectivity index (χ3n) is 8.89. The van der Waals surface area contributed by atoms with Gasteiger partial charge in [0.2, 0.25) is 0 Å². The van der Waals surface area contributed by atoms with E-state index in [4.69, 9.17) is 28.4 Å². The van der Waals surface area contributed by atoms with Crippen LogP contribution in [0.4, 0.5) is 0 Å². The fraction of sp³-hybridized carbons (Fsp3) is 0.543. The van der Waals surface area contributed by atoms with Gasteiger partial charge in [0.1, 0.15) is 23.0 Å². The molecule has 2 aliphatic heterocycles. The Morgan fingerprint density at radius 1 is 0.881 bits per heavy atom. The Hall–Kier alpha value is -3.00. The highest BCUT2D eigenvalue weighted by atomic mass is 16.7. The summed E-state index contributed by atoms with van der Waals surface area (Å²) in [5, 5.41) is 0. The Bertz CT molecular complexity index is 1190. The van der Waals surface area contributed by atoms with E-state index in [0.717, 1.165) is 42.5 Å². The number of piperidine rings is 1. The van der Waals surface area contributed by atoms with Gasteiger partial charge in [0.25, 0.3) is 0 Å². The average molecular weight is 578 g/mol. The zero-order valence-corrected chi connectivity index (χ0v) is 25.5. The van der Waals surface area contributed by atoms with Crippen molar-refractivity contribution in [2.45, 2.75) is 51.4 Å². The van der Waals surface area contributed by atoms with Crippen LogP contribution in [0.5, 0.6) is 17.2 Å². The molecule has 0 N–H and O–H groups in total. The summed E-state index contributed by atoms with van der Waals surface area (Å²) in [6, 6.07) is 14.8. The van der Waals surface area contributed by atoms with E-state index in [1.54, 1.807) is 14.2 Å². The molecule has 1 fully saturated rings. The van der Waals surface area contributed by atoms with Crippen molar-refractivity contribution >= 4 is 0 Å². The molecule has 0 radical (unpaired) electrons. The molecule has 0 aromatic heterocycles. The number of ether oxygens (including phenoxy) is 6. The fourth-order valence-corrected chi connectivity index (χ4v) is 6.54. The lowest BCUT2D eigenvalue weighted by Crippen LogP contribution is -2.42. The quantitative estimate of drug-likeness (QED) is 0.178. The molecule has 2 heterocycles. The zero-order chi connectivity index (χ0) is 29.2. The first-order valence-corrected chi connectivity index (χ1v) is 15.4. The molecule has 5 rings (SSSR count). The van der Waals surface area contributed by atoms with Crippen molar-refractivity contribution in [3.05, 3.63) is 77.6 Å². The van der Waals surface area contributed by atoms with Crippen molar-refractivity contribution < 1.29 is 28.4 Å². The van der Waals surface area contributed by atoms with E-state index in [2.05, 4.69) is 60.4 Å². The summed E-state index contributed by atoms with van der Waals surface area (Å²) in [7, 11) is 3.26. The van der Waals surface area contributed by atoms with Crippen molar-refractivity contribution in [3.63, 3.8) is 0 Å². The Kier molecular flexibility index (Phi) is 10.8. The summed E-state index contributed by atoms with van der Waals surface area (Å²) >= 11 is 0. The Balaban J connectivity index is 1.30. The highest BCUT2D eigenvalue weighted by molar-refractivity contribution is 5.50. The molecule has 1 aliphatic carbocycles. The van der Waals surface area contributed by atoms with Gasteiger partial charge in [-0.25, -0.2) is 0 Å². The van der Waals surface area contributed by atoms with E-state index < -0.39 is 0 Å². The molecule has 0 amide bonds. The molecule has 1 unspecified atom stereocenters. The third kappa shape index (κ3) is 7.49. The minimum Gasteiger partial charge on any atom is -0.494 e. The Morgan fingerprint density at radius 3 is 2.38 bits per heavy atom. The topological polar surface area (TPSA) is 58.6 Å². The third-order valence-corrected chi connectivity index (χ3v) is 8.89. The maximum Gasteiger partial charge on any atom is 0.188 e. The van der Waals surface area contributed by atoms with Gasteiger partial charge in [-0.15, -0.1) is 0 Å². The molecule has 2 aromatic rings. The lowest BCUT2D eigenvalue weighted by Gasteiger charge is -2.47. The lowest BCUT2D eigenvalue weighted by atomic mass is 9.61. The Morgan fingerprint density at radius 2 is 1.64 bits per heavy atom. The molecule has 42 heavy (non-hydrogen) atoms. The van der Waals surface area contributed by atoms with Crippen LogP contribution >= 0.6 is 0 Å². The SMILES string of the molecule is COCOC1=CCC([C@@]2(C)COc3cc(OCOC)ccc3[C@H]2c2ccc(OCCCCN3CCCCC3)cc2)C=C1. The first-order chi connectivity index (χ1) is 20.6. The fourth-order valence-electron chi connectivity index (χ4n) is 6.54. The predicted octanol–water partition coefficient (Wildman–Crippen LogP) is 6.93. The van der Waals surface area contributed by atoms with E-state index in [0.29, 0.717) is 6.61 Å². The van der Waals surface area contributed by atoms with Crippen molar-refractivity contribution in [2.75, 3.05) is 60.7 Å². The number of hydrogen-bond donors (Lipinski definition) is 0. The molecule has 7 nitrogen and oxygen atoms in total. The van der Waals surface area contributed by atoms with Gasteiger partial charge >= 0.3 is 0 Å². The molecule has 3 aliphatic rings. The monoisotopic (exact) mass is 577 g/mol. The molecule has 7 heteroatoms. The van der Waals surface area contributed by atoms with Gasteiger partial charge in [-0.05, 0) is 93.6 Å². The number of unbranched alkanes of at least 4 members (excludes halogenated alkanes) is 1. The molecular formula is C35H47NO6. The second-order valence-electron chi connectivity index (χ2n) is 11.9. The molecule has 228 valence electrons. The van der Waals surface area contributed by atoms with Crippen molar-refractivity contribution in [1.82, 2.24) is 4.90 Å². The maximum atomic E-state index is 6.45. The summed E-state index contributed by atoms with van der Waals surface area (Å²) < 4.78 is 34.2. The number of fused-ring (bicyclic) bond motifs is 1. The summed E-state index contributed by atoms with van der Waals surface area (Å²) in [4.78, 5) is 2.60. The zero-order valence-electron chi connectivity index (χ0n) is 25.5. The number of methoxy groups -OCH3 is 2. The van der Waals surface area contributed by atoms with Crippen LogP contribution in [0.25, 0.3) is 0 Å². The van der Waals surface area contributed by atoms with E-state index >= 15 is 0 Å². The molecule has 3 atom stereocenters. The highest BCUT2D eigenvalue weighted by Crippen LogP contribution is 2.54. The van der Waals surface area contributed by atoms with Gasteiger partial charge in [0.15, 0.2) is 13.6 Å². The first kappa shape index (κ1) is 30.5. The van der Waals surface area contributed by atoms with Gasteiger partial charge in [-0.3, -0.25) is 0 Å². The number of benzene rings is 2. The lowest BCUT2D eigenvalue weighted by molar-refractivity contribution is 0.00814. The normalized spacial score (nSPS) is 23.9. The number of rotatable bonds is 14. The van der Waals surface area contributed by atoms with Gasteiger partial charge in [0, 0.05) is 37.2 Å². The number of hydrogen-bond acceptors (Lipinski definition) is 7. The second-order valence-corrected chi connectivity index (χ2v) is 11.9. The van der Waals surface area contributed by atoms with Gasteiger partial charge in [-0.1, -0.05) is 37.6 Å². The average Bonchev–Trinajstić information content (AvgIpc) is 3.04. The summed E-state index contributed by atoms with van der Waals surface area (Å²) in [5.74, 6) is 3.77. The van der Waals surface area contributed by atoms with Crippen LogP contribution < -0.4 is 14.2 Å².